The number of methoxy groups -OCH3 is 2. The lowest BCUT2D eigenvalue weighted by Crippen LogP contribution is -2.58. The van der Waals surface area contributed by atoms with Gasteiger partial charge in [-0.25, -0.2) is 0 Å². The summed E-state index contributed by atoms with van der Waals surface area (Å²) in [6.45, 7) is 1.01. The third kappa shape index (κ3) is 1.60. The number of nitrogens with one attached hydrogen (secondary N) is 1. The van der Waals surface area contributed by atoms with E-state index in [0.29, 0.717) is 6.04 Å². The molecule has 1 aromatic rings. The van der Waals surface area contributed by atoms with E-state index in [1.165, 1.54) is 16.7 Å². The molecule has 2 heterocycles. The van der Waals surface area contributed by atoms with E-state index >= 15 is 0 Å². The van der Waals surface area contributed by atoms with Crippen molar-refractivity contribution in [1.82, 2.24) is 5.32 Å². The maximum Gasteiger partial charge on any atom is 0.169 e. The third-order valence-electron chi connectivity index (χ3n) is 5.70. The smallest absolute Gasteiger partial charge is 0.169 e. The van der Waals surface area contributed by atoms with Crippen molar-refractivity contribution in [3.63, 3.8) is 0 Å². The van der Waals surface area contributed by atoms with Crippen molar-refractivity contribution in [1.29, 1.82) is 0 Å². The van der Waals surface area contributed by atoms with Gasteiger partial charge in [0, 0.05) is 11.6 Å². The molecule has 5 rings (SSSR count). The van der Waals surface area contributed by atoms with Crippen LogP contribution < -0.4 is 14.8 Å². The van der Waals surface area contributed by atoms with Gasteiger partial charge in [0.15, 0.2) is 17.6 Å². The zero-order valence-electron chi connectivity index (χ0n) is 13.2. The number of halogens is 1. The van der Waals surface area contributed by atoms with Crippen LogP contribution in [0.2, 0.25) is 0 Å². The molecule has 1 fully saturated rings. The van der Waals surface area contributed by atoms with Crippen LogP contribution in [0.3, 0.4) is 0 Å². The third-order valence-corrected chi connectivity index (χ3v) is 5.70. The summed E-state index contributed by atoms with van der Waals surface area (Å²) < 4.78 is 17.6. The van der Waals surface area contributed by atoms with Gasteiger partial charge < -0.3 is 19.5 Å². The van der Waals surface area contributed by atoms with Crippen LogP contribution in [0.15, 0.2) is 35.6 Å². The van der Waals surface area contributed by atoms with Gasteiger partial charge in [-0.15, -0.1) is 12.4 Å². The molecule has 2 aliphatic heterocycles. The Morgan fingerprint density at radius 2 is 2.09 bits per heavy atom. The molecule has 1 spiro atoms. The van der Waals surface area contributed by atoms with Crippen molar-refractivity contribution in [2.45, 2.75) is 30.4 Å². The summed E-state index contributed by atoms with van der Waals surface area (Å²) >= 11 is 0. The molecule has 5 heteroatoms. The van der Waals surface area contributed by atoms with Crippen molar-refractivity contribution >= 4 is 12.4 Å². The van der Waals surface area contributed by atoms with Crippen molar-refractivity contribution < 1.29 is 14.2 Å². The predicted octanol–water partition coefficient (Wildman–Crippen LogP) is 2.50. The lowest BCUT2D eigenvalue weighted by atomic mass is 9.58. The lowest BCUT2D eigenvalue weighted by molar-refractivity contribution is 0.0998. The van der Waals surface area contributed by atoms with Gasteiger partial charge in [0.25, 0.3) is 0 Å². The van der Waals surface area contributed by atoms with E-state index < -0.39 is 0 Å². The summed E-state index contributed by atoms with van der Waals surface area (Å²) in [6, 6.07) is 4.64. The van der Waals surface area contributed by atoms with Crippen LogP contribution in [0.5, 0.6) is 11.5 Å². The fraction of sp³-hybridized carbons (Fsp3) is 0.444. The van der Waals surface area contributed by atoms with Crippen LogP contribution >= 0.6 is 12.4 Å². The van der Waals surface area contributed by atoms with Gasteiger partial charge in [-0.05, 0) is 42.7 Å². The Bertz CT molecular complexity index is 742. The van der Waals surface area contributed by atoms with E-state index in [2.05, 4.69) is 23.5 Å². The van der Waals surface area contributed by atoms with Crippen LogP contribution in [0.1, 0.15) is 17.5 Å². The summed E-state index contributed by atoms with van der Waals surface area (Å²) in [5, 5.41) is 3.67. The van der Waals surface area contributed by atoms with E-state index in [9.17, 15) is 0 Å². The van der Waals surface area contributed by atoms with Crippen LogP contribution in [0, 0.1) is 0 Å². The maximum absolute atomic E-state index is 6.42. The summed E-state index contributed by atoms with van der Waals surface area (Å²) in [4.78, 5) is 0. The molecule has 0 amide bonds. The fourth-order valence-electron chi connectivity index (χ4n) is 4.85. The molecule has 0 aromatic heterocycles. The second kappa shape index (κ2) is 4.92. The normalized spacial score (nSPS) is 31.9. The number of hydrogen-bond acceptors (Lipinski definition) is 4. The molecule has 1 aromatic carbocycles. The fourth-order valence-corrected chi connectivity index (χ4v) is 4.85. The SMILES string of the molecule is COC1=CC=C2[C@H]3Cc4ccc(OC)c5c4[C@@]2(CCN3)[C@H]1O5.Cl. The molecule has 2 aliphatic carbocycles. The van der Waals surface area contributed by atoms with Crippen LogP contribution in [0.4, 0.5) is 0 Å². The molecule has 0 radical (unpaired) electrons. The molecule has 23 heavy (non-hydrogen) atoms. The maximum atomic E-state index is 6.42. The summed E-state index contributed by atoms with van der Waals surface area (Å²) in [5.41, 5.74) is 4.09. The minimum atomic E-state index is -0.0759. The van der Waals surface area contributed by atoms with Crippen molar-refractivity contribution in [3.8, 4) is 11.5 Å². The van der Waals surface area contributed by atoms with E-state index in [1.807, 2.05) is 6.07 Å². The minimum absolute atomic E-state index is 0. The van der Waals surface area contributed by atoms with Gasteiger partial charge in [0.05, 0.1) is 19.6 Å². The van der Waals surface area contributed by atoms with Gasteiger partial charge in [-0.3, -0.25) is 0 Å². The Hall–Kier alpha value is -1.65. The summed E-state index contributed by atoms with van der Waals surface area (Å²) in [6.07, 6.45) is 6.31. The number of ether oxygens (including phenoxy) is 3. The number of hydrogen-bond donors (Lipinski definition) is 1. The molecule has 1 N–H and O–H groups in total. The molecular formula is C18H20ClNO3. The molecule has 4 aliphatic rings. The largest absolute Gasteiger partial charge is 0.497 e. The van der Waals surface area contributed by atoms with Crippen molar-refractivity contribution in [2.24, 2.45) is 0 Å². The average Bonchev–Trinajstić information content (AvgIpc) is 2.88. The van der Waals surface area contributed by atoms with Crippen molar-refractivity contribution in [2.75, 3.05) is 20.8 Å². The molecule has 4 nitrogen and oxygen atoms in total. The second-order valence-corrected chi connectivity index (χ2v) is 6.46. The van der Waals surface area contributed by atoms with Crippen LogP contribution in [0.25, 0.3) is 0 Å². The number of benzene rings is 1. The van der Waals surface area contributed by atoms with Gasteiger partial charge in [0.2, 0.25) is 0 Å². The van der Waals surface area contributed by atoms with Gasteiger partial charge in [-0.2, -0.15) is 0 Å². The van der Waals surface area contributed by atoms with Gasteiger partial charge >= 0.3 is 0 Å². The quantitative estimate of drug-likeness (QED) is 0.902. The van der Waals surface area contributed by atoms with E-state index in [-0.39, 0.29) is 23.9 Å². The first-order valence-corrected chi connectivity index (χ1v) is 7.86. The topological polar surface area (TPSA) is 39.7 Å². The van der Waals surface area contributed by atoms with Crippen molar-refractivity contribution in [3.05, 3.63) is 46.7 Å². The molecule has 3 atom stereocenters. The molecule has 0 unspecified atom stereocenters. The highest BCUT2D eigenvalue weighted by atomic mass is 35.5. The monoisotopic (exact) mass is 333 g/mol. The summed E-state index contributed by atoms with van der Waals surface area (Å²) in [5.74, 6) is 2.66. The number of allylic oxidation sites excluding steroid dienone is 2. The Balaban J connectivity index is 0.00000135. The molecule has 1 saturated heterocycles. The number of rotatable bonds is 2. The summed E-state index contributed by atoms with van der Waals surface area (Å²) in [7, 11) is 3.44. The van der Waals surface area contributed by atoms with Gasteiger partial charge in [-0.1, -0.05) is 12.1 Å². The number of piperidine rings is 1. The Morgan fingerprint density at radius 1 is 1.22 bits per heavy atom. The first kappa shape index (κ1) is 14.9. The molecular weight excluding hydrogens is 314 g/mol. The highest BCUT2D eigenvalue weighted by Crippen LogP contribution is 2.61. The first-order chi connectivity index (χ1) is 10.8. The standard InChI is InChI=1S/C18H19NO3.ClH/c1-20-13-5-3-10-9-12-11-4-6-14(21-2)17-18(11,7-8-19-12)15(10)16(13)22-17;/h3-6,12,17,19H,7-9H2,1-2H3;1H/t12-,17+,18+;/m1./s1. The van der Waals surface area contributed by atoms with Gasteiger partial charge in [0.1, 0.15) is 5.76 Å². The zero-order valence-corrected chi connectivity index (χ0v) is 14.0. The van der Waals surface area contributed by atoms with E-state index in [1.54, 1.807) is 14.2 Å². The highest BCUT2D eigenvalue weighted by Gasteiger charge is 2.61. The van der Waals surface area contributed by atoms with E-state index in [4.69, 9.17) is 14.2 Å². The average molecular weight is 334 g/mol. The molecule has 0 saturated carbocycles. The molecule has 122 valence electrons. The Morgan fingerprint density at radius 3 is 2.87 bits per heavy atom. The molecule has 2 bridgehead atoms. The highest BCUT2D eigenvalue weighted by molar-refractivity contribution is 5.85. The Labute approximate surface area is 141 Å². The predicted molar refractivity (Wildman–Crippen MR) is 89.6 cm³/mol. The van der Waals surface area contributed by atoms with E-state index in [0.717, 1.165) is 36.6 Å². The second-order valence-electron chi connectivity index (χ2n) is 6.46. The Kier molecular flexibility index (Phi) is 3.19. The van der Waals surface area contributed by atoms with Crippen LogP contribution in [-0.4, -0.2) is 32.9 Å². The minimum Gasteiger partial charge on any atom is -0.497 e. The first-order valence-electron chi connectivity index (χ1n) is 7.86. The zero-order chi connectivity index (χ0) is 14.9. The van der Waals surface area contributed by atoms with Crippen LogP contribution in [-0.2, 0) is 16.6 Å². The lowest BCUT2D eigenvalue weighted by Gasteiger charge is -2.49.